The molecule has 0 aliphatic heterocycles. The average Bonchev–Trinajstić information content (AvgIpc) is 3.09. The van der Waals surface area contributed by atoms with Gasteiger partial charge in [0.25, 0.3) is 5.91 Å². The third-order valence-electron chi connectivity index (χ3n) is 4.42. The quantitative estimate of drug-likeness (QED) is 0.388. The highest BCUT2D eigenvalue weighted by Gasteiger charge is 2.20. The number of fused-ring (bicyclic) bond motifs is 1. The Bertz CT molecular complexity index is 1210. The zero-order chi connectivity index (χ0) is 20.5. The Labute approximate surface area is 168 Å². The minimum atomic E-state index is -1.00. The van der Waals surface area contributed by atoms with Crippen LogP contribution in [0.1, 0.15) is 10.4 Å². The van der Waals surface area contributed by atoms with Crippen molar-refractivity contribution in [1.82, 2.24) is 20.2 Å². The first-order chi connectivity index (χ1) is 14.0. The van der Waals surface area contributed by atoms with E-state index < -0.39 is 17.5 Å². The molecule has 0 aliphatic rings. The molecule has 0 saturated heterocycles. The maximum Gasteiger partial charge on any atom is 0.274 e. The smallest absolute Gasteiger partial charge is 0.274 e. The molecule has 4 rings (SSSR count). The van der Waals surface area contributed by atoms with Gasteiger partial charge in [-0.3, -0.25) is 10.0 Å². The van der Waals surface area contributed by atoms with Gasteiger partial charge in [0.2, 0.25) is 0 Å². The van der Waals surface area contributed by atoms with Gasteiger partial charge in [-0.1, -0.05) is 42.5 Å². The van der Waals surface area contributed by atoms with E-state index in [1.807, 2.05) is 42.5 Å². The van der Waals surface area contributed by atoms with Crippen molar-refractivity contribution in [2.45, 2.75) is 10.1 Å². The number of carbonyl (C=O) groups excluding carboxylic acids is 1. The maximum absolute atomic E-state index is 14.4. The number of hydroxylamine groups is 1. The number of hydrogen-bond donors (Lipinski definition) is 2. The Morgan fingerprint density at radius 1 is 1.07 bits per heavy atom. The van der Waals surface area contributed by atoms with Crippen LogP contribution < -0.4 is 5.48 Å². The number of nitrogens with zero attached hydrogens (tertiary/aromatic N) is 3. The molecular formula is C20H14F2N4O2S. The minimum absolute atomic E-state index is 0.282. The number of carbonyl (C=O) groups is 1. The van der Waals surface area contributed by atoms with E-state index in [4.69, 9.17) is 5.21 Å². The molecule has 29 heavy (non-hydrogen) atoms. The molecule has 1 aromatic heterocycles. The van der Waals surface area contributed by atoms with Crippen molar-refractivity contribution in [2.24, 2.45) is 7.05 Å². The Morgan fingerprint density at radius 3 is 2.48 bits per heavy atom. The Kier molecular flexibility index (Phi) is 4.99. The molecule has 0 saturated carbocycles. The average molecular weight is 412 g/mol. The van der Waals surface area contributed by atoms with Crippen LogP contribution >= 0.6 is 11.8 Å². The number of halogens is 2. The number of nitrogens with one attached hydrogen (secondary N) is 1. The lowest BCUT2D eigenvalue weighted by atomic mass is 10.0. The van der Waals surface area contributed by atoms with E-state index in [0.717, 1.165) is 40.2 Å². The summed E-state index contributed by atoms with van der Waals surface area (Å²) in [4.78, 5) is 11.1. The number of rotatable bonds is 4. The number of benzene rings is 3. The zero-order valence-electron chi connectivity index (χ0n) is 15.1. The van der Waals surface area contributed by atoms with Crippen LogP contribution in [0.5, 0.6) is 0 Å². The third-order valence-corrected chi connectivity index (χ3v) is 5.55. The van der Waals surface area contributed by atoms with E-state index in [0.29, 0.717) is 5.82 Å². The van der Waals surface area contributed by atoms with E-state index in [1.54, 1.807) is 11.6 Å². The summed E-state index contributed by atoms with van der Waals surface area (Å²) in [6, 6.07) is 15.3. The largest absolute Gasteiger partial charge is 0.305 e. The van der Waals surface area contributed by atoms with Crippen LogP contribution in [0.4, 0.5) is 8.78 Å². The minimum Gasteiger partial charge on any atom is -0.305 e. The molecule has 1 amide bonds. The molecule has 0 radical (unpaired) electrons. The second-order valence-electron chi connectivity index (χ2n) is 6.20. The van der Waals surface area contributed by atoms with E-state index in [-0.39, 0.29) is 15.6 Å². The lowest BCUT2D eigenvalue weighted by Gasteiger charge is -2.08. The van der Waals surface area contributed by atoms with Gasteiger partial charge >= 0.3 is 0 Å². The number of amides is 1. The predicted octanol–water partition coefficient (Wildman–Crippen LogP) is 4.18. The summed E-state index contributed by atoms with van der Waals surface area (Å²) in [6.45, 7) is 0. The van der Waals surface area contributed by atoms with Gasteiger partial charge in [0.15, 0.2) is 11.0 Å². The van der Waals surface area contributed by atoms with Crippen LogP contribution in [-0.2, 0) is 7.05 Å². The molecule has 146 valence electrons. The summed E-state index contributed by atoms with van der Waals surface area (Å²) in [5.74, 6) is -2.33. The van der Waals surface area contributed by atoms with Gasteiger partial charge in [-0.05, 0) is 34.7 Å². The van der Waals surface area contributed by atoms with E-state index in [9.17, 15) is 13.6 Å². The van der Waals surface area contributed by atoms with Crippen molar-refractivity contribution in [2.75, 3.05) is 0 Å². The van der Waals surface area contributed by atoms with Gasteiger partial charge in [-0.25, -0.2) is 14.3 Å². The highest BCUT2D eigenvalue weighted by Crippen LogP contribution is 2.34. The summed E-state index contributed by atoms with van der Waals surface area (Å²) in [5, 5.41) is 19.2. The topological polar surface area (TPSA) is 80.0 Å². The third kappa shape index (κ3) is 3.45. The Balaban J connectivity index is 1.73. The van der Waals surface area contributed by atoms with E-state index in [2.05, 4.69) is 10.2 Å². The van der Waals surface area contributed by atoms with E-state index >= 15 is 0 Å². The SMILES string of the molecule is Cn1c(Sc2c(F)cc(C(=O)NO)cc2F)nnc1-c1cccc2ccccc12. The molecule has 0 spiro atoms. The summed E-state index contributed by atoms with van der Waals surface area (Å²) >= 11 is 0.762. The molecule has 0 bridgehead atoms. The zero-order valence-corrected chi connectivity index (χ0v) is 15.9. The van der Waals surface area contributed by atoms with Crippen LogP contribution in [-0.4, -0.2) is 25.9 Å². The fourth-order valence-corrected chi connectivity index (χ4v) is 3.80. The fourth-order valence-electron chi connectivity index (χ4n) is 3.00. The molecule has 0 atom stereocenters. The first kappa shape index (κ1) is 19.0. The molecule has 0 aliphatic carbocycles. The molecule has 3 aromatic carbocycles. The van der Waals surface area contributed by atoms with E-state index in [1.165, 1.54) is 5.48 Å². The van der Waals surface area contributed by atoms with Crippen molar-refractivity contribution >= 4 is 28.4 Å². The standard InChI is InChI=1S/C20H14F2N4O2S/c1-26-18(14-8-4-6-11-5-2-3-7-13(11)14)23-24-20(26)29-17-15(21)9-12(10-16(17)22)19(27)25-28/h2-10,28H,1H3,(H,25,27). The fraction of sp³-hybridized carbons (Fsp3) is 0.0500. The van der Waals surface area contributed by atoms with Gasteiger partial charge in [0, 0.05) is 18.2 Å². The summed E-state index contributed by atoms with van der Waals surface area (Å²) in [6.07, 6.45) is 0. The van der Waals surface area contributed by atoms with Crippen LogP contribution in [0.15, 0.2) is 64.6 Å². The van der Waals surface area contributed by atoms with Crippen molar-refractivity contribution in [3.8, 4) is 11.4 Å². The van der Waals surface area contributed by atoms with Gasteiger partial charge in [-0.15, -0.1) is 10.2 Å². The molecule has 6 nitrogen and oxygen atoms in total. The summed E-state index contributed by atoms with van der Waals surface area (Å²) in [7, 11) is 1.71. The Hall–Kier alpha value is -3.30. The van der Waals surface area contributed by atoms with Crippen LogP contribution in [0, 0.1) is 11.6 Å². The monoisotopic (exact) mass is 412 g/mol. The van der Waals surface area contributed by atoms with Crippen molar-refractivity contribution < 1.29 is 18.8 Å². The molecule has 0 unspecified atom stereocenters. The number of aromatic nitrogens is 3. The first-order valence-corrected chi connectivity index (χ1v) is 9.30. The normalized spacial score (nSPS) is 11.0. The van der Waals surface area contributed by atoms with Crippen LogP contribution in [0.25, 0.3) is 22.2 Å². The Morgan fingerprint density at radius 2 is 1.76 bits per heavy atom. The van der Waals surface area contributed by atoms with Gasteiger partial charge < -0.3 is 4.57 Å². The predicted molar refractivity (Wildman–Crippen MR) is 104 cm³/mol. The molecular weight excluding hydrogens is 398 g/mol. The first-order valence-electron chi connectivity index (χ1n) is 8.48. The van der Waals surface area contributed by atoms with Crippen molar-refractivity contribution in [3.05, 3.63) is 71.8 Å². The second kappa shape index (κ2) is 7.61. The van der Waals surface area contributed by atoms with Gasteiger partial charge in [0.05, 0.1) is 4.90 Å². The summed E-state index contributed by atoms with van der Waals surface area (Å²) in [5.41, 5.74) is 1.86. The molecule has 0 fully saturated rings. The lowest BCUT2D eigenvalue weighted by molar-refractivity contribution is 0.0705. The van der Waals surface area contributed by atoms with Gasteiger partial charge in [-0.2, -0.15) is 0 Å². The van der Waals surface area contributed by atoms with Crippen LogP contribution in [0.2, 0.25) is 0 Å². The lowest BCUT2D eigenvalue weighted by Crippen LogP contribution is -2.19. The maximum atomic E-state index is 14.4. The van der Waals surface area contributed by atoms with Crippen molar-refractivity contribution in [1.29, 1.82) is 0 Å². The molecule has 9 heteroatoms. The molecule has 1 heterocycles. The molecule has 4 aromatic rings. The highest BCUT2D eigenvalue weighted by atomic mass is 32.2. The van der Waals surface area contributed by atoms with Crippen molar-refractivity contribution in [3.63, 3.8) is 0 Å². The highest BCUT2D eigenvalue weighted by molar-refractivity contribution is 7.99. The van der Waals surface area contributed by atoms with Gasteiger partial charge in [0.1, 0.15) is 11.6 Å². The summed E-state index contributed by atoms with van der Waals surface area (Å²) < 4.78 is 30.4. The molecule has 2 N–H and O–H groups in total. The number of hydrogen-bond acceptors (Lipinski definition) is 5. The second-order valence-corrected chi connectivity index (χ2v) is 7.18. The van der Waals surface area contributed by atoms with Crippen LogP contribution in [0.3, 0.4) is 0 Å².